The summed E-state index contributed by atoms with van der Waals surface area (Å²) in [6.07, 6.45) is 3.58. The lowest BCUT2D eigenvalue weighted by Crippen LogP contribution is -2.01. The second-order valence-corrected chi connectivity index (χ2v) is 5.46. The summed E-state index contributed by atoms with van der Waals surface area (Å²) >= 11 is 13.5. The highest BCUT2D eigenvalue weighted by molar-refractivity contribution is 8.13. The Labute approximate surface area is 116 Å². The summed E-state index contributed by atoms with van der Waals surface area (Å²) in [5, 5.41) is 9.51. The molecule has 0 atom stereocenters. The zero-order chi connectivity index (χ0) is 12.8. The van der Waals surface area contributed by atoms with E-state index in [0.29, 0.717) is 20.8 Å². The number of benzene rings is 1. The van der Waals surface area contributed by atoms with Crippen LogP contribution < -0.4 is 0 Å². The van der Waals surface area contributed by atoms with Gasteiger partial charge in [0.2, 0.25) is 0 Å². The Hall–Kier alpha value is -0.640. The van der Waals surface area contributed by atoms with Crippen LogP contribution in [0.5, 0.6) is 0 Å². The van der Waals surface area contributed by atoms with Crippen molar-refractivity contribution >= 4 is 40.0 Å². The molecule has 1 rings (SSSR count). The summed E-state index contributed by atoms with van der Waals surface area (Å²) in [6.45, 7) is 0. The van der Waals surface area contributed by atoms with Crippen molar-refractivity contribution in [3.05, 3.63) is 46.1 Å². The normalized spacial score (nSPS) is 10.8. The molecule has 0 saturated heterocycles. The van der Waals surface area contributed by atoms with Crippen molar-refractivity contribution in [3.8, 4) is 0 Å². The minimum Gasteiger partial charge on any atom is -0.383 e. The molecule has 1 aromatic rings. The van der Waals surface area contributed by atoms with Gasteiger partial charge in [-0.05, 0) is 23.8 Å². The monoisotopic (exact) mass is 288 g/mol. The zero-order valence-electron chi connectivity index (χ0n) is 9.71. The van der Waals surface area contributed by atoms with E-state index < -0.39 is 0 Å². The van der Waals surface area contributed by atoms with E-state index >= 15 is 0 Å². The molecule has 0 unspecified atom stereocenters. The summed E-state index contributed by atoms with van der Waals surface area (Å²) in [4.78, 5) is 1.89. The molecule has 0 radical (unpaired) electrons. The second kappa shape index (κ2) is 6.94. The number of nitrogens with one attached hydrogen (secondary N) is 1. The third kappa shape index (κ3) is 5.02. The summed E-state index contributed by atoms with van der Waals surface area (Å²) in [5.41, 5.74) is 0.879. The van der Waals surface area contributed by atoms with Crippen molar-refractivity contribution in [2.45, 2.75) is 5.75 Å². The van der Waals surface area contributed by atoms with Gasteiger partial charge >= 0.3 is 0 Å². The summed E-state index contributed by atoms with van der Waals surface area (Å²) in [7, 11) is 3.83. The Balaban J connectivity index is 2.59. The lowest BCUT2D eigenvalue weighted by atomic mass is 10.2. The topological polar surface area (TPSA) is 27.1 Å². The standard InChI is InChI=1S/C12H14Cl2N2S/c1-16(2)7-6-12(15)17-8-9-10(13)4-3-5-11(9)14/h3-7,15H,8H2,1-2H3/b7-6+,15-12?. The third-order valence-electron chi connectivity index (χ3n) is 1.96. The first-order valence-corrected chi connectivity index (χ1v) is 6.73. The first-order valence-electron chi connectivity index (χ1n) is 4.99. The van der Waals surface area contributed by atoms with Gasteiger partial charge in [-0.2, -0.15) is 0 Å². The number of rotatable bonds is 4. The SMILES string of the molecule is CN(C)/C=C/C(=N)SCc1c(Cl)cccc1Cl. The first-order chi connectivity index (χ1) is 8.00. The Morgan fingerprint density at radius 1 is 1.35 bits per heavy atom. The molecule has 0 aliphatic carbocycles. The van der Waals surface area contributed by atoms with E-state index in [1.807, 2.05) is 43.4 Å². The molecule has 0 saturated carbocycles. The van der Waals surface area contributed by atoms with Crippen molar-refractivity contribution in [1.82, 2.24) is 4.90 Å². The van der Waals surface area contributed by atoms with Gasteiger partial charge in [-0.1, -0.05) is 29.3 Å². The molecule has 5 heteroatoms. The van der Waals surface area contributed by atoms with Crippen molar-refractivity contribution in [2.75, 3.05) is 14.1 Å². The molecule has 0 bridgehead atoms. The summed E-state index contributed by atoms with van der Waals surface area (Å²) in [5.74, 6) is 0.606. The molecular formula is C12H14Cl2N2S. The molecule has 2 nitrogen and oxygen atoms in total. The molecule has 17 heavy (non-hydrogen) atoms. The fourth-order valence-corrected chi connectivity index (χ4v) is 2.54. The average Bonchev–Trinajstić information content (AvgIpc) is 2.25. The van der Waals surface area contributed by atoms with Crippen LogP contribution in [0, 0.1) is 5.41 Å². The lowest BCUT2D eigenvalue weighted by molar-refractivity contribution is 0.564. The first kappa shape index (κ1) is 14.4. The number of hydrogen-bond donors (Lipinski definition) is 1. The van der Waals surface area contributed by atoms with Gasteiger partial charge in [0.1, 0.15) is 0 Å². The van der Waals surface area contributed by atoms with Crippen LogP contribution >= 0.6 is 35.0 Å². The molecule has 0 spiro atoms. The predicted molar refractivity (Wildman–Crippen MR) is 78.3 cm³/mol. The van der Waals surface area contributed by atoms with Gasteiger partial charge in [0.15, 0.2) is 0 Å². The fraction of sp³-hybridized carbons (Fsp3) is 0.250. The zero-order valence-corrected chi connectivity index (χ0v) is 12.0. The van der Waals surface area contributed by atoms with E-state index in [0.717, 1.165) is 5.56 Å². The number of halogens is 2. The van der Waals surface area contributed by atoms with Gasteiger partial charge in [-0.3, -0.25) is 5.41 Å². The van der Waals surface area contributed by atoms with E-state index in [-0.39, 0.29) is 0 Å². The molecule has 0 amide bonds. The van der Waals surface area contributed by atoms with Crippen LogP contribution in [0.25, 0.3) is 0 Å². The number of thioether (sulfide) groups is 1. The Morgan fingerprint density at radius 2 is 1.94 bits per heavy atom. The number of hydrogen-bond acceptors (Lipinski definition) is 3. The van der Waals surface area contributed by atoms with Crippen LogP contribution in [0.3, 0.4) is 0 Å². The van der Waals surface area contributed by atoms with E-state index in [2.05, 4.69) is 0 Å². The van der Waals surface area contributed by atoms with Crippen LogP contribution in [0.4, 0.5) is 0 Å². The van der Waals surface area contributed by atoms with Gasteiger partial charge in [0.25, 0.3) is 0 Å². The van der Waals surface area contributed by atoms with Crippen molar-refractivity contribution < 1.29 is 0 Å². The van der Waals surface area contributed by atoms with Crippen LogP contribution in [-0.2, 0) is 5.75 Å². The molecule has 1 N–H and O–H groups in total. The van der Waals surface area contributed by atoms with Crippen LogP contribution in [-0.4, -0.2) is 24.0 Å². The maximum absolute atomic E-state index is 7.74. The lowest BCUT2D eigenvalue weighted by Gasteiger charge is -2.06. The smallest absolute Gasteiger partial charge is 0.0887 e. The summed E-state index contributed by atoms with van der Waals surface area (Å²) in [6, 6.07) is 5.43. The molecule has 92 valence electrons. The molecular weight excluding hydrogens is 275 g/mol. The van der Waals surface area contributed by atoms with Crippen molar-refractivity contribution in [2.24, 2.45) is 0 Å². The maximum Gasteiger partial charge on any atom is 0.0887 e. The highest BCUT2D eigenvalue weighted by atomic mass is 35.5. The third-order valence-corrected chi connectivity index (χ3v) is 3.55. The van der Waals surface area contributed by atoms with Crippen LogP contribution in [0.15, 0.2) is 30.5 Å². The summed E-state index contributed by atoms with van der Waals surface area (Å²) < 4.78 is 0. The fourth-order valence-electron chi connectivity index (χ4n) is 1.09. The van der Waals surface area contributed by atoms with Crippen molar-refractivity contribution in [3.63, 3.8) is 0 Å². The number of nitrogens with zero attached hydrogens (tertiary/aromatic N) is 1. The minimum atomic E-state index is 0.481. The molecule has 0 aliphatic rings. The Bertz CT molecular complexity index is 410. The largest absolute Gasteiger partial charge is 0.383 e. The van der Waals surface area contributed by atoms with Crippen LogP contribution in [0.1, 0.15) is 5.56 Å². The van der Waals surface area contributed by atoms with Crippen molar-refractivity contribution in [1.29, 1.82) is 5.41 Å². The predicted octanol–water partition coefficient (Wildman–Crippen LogP) is 4.28. The van der Waals surface area contributed by atoms with Gasteiger partial charge in [0, 0.05) is 36.1 Å². The molecule has 0 fully saturated rings. The Kier molecular flexibility index (Phi) is 5.89. The van der Waals surface area contributed by atoms with Gasteiger partial charge in [0.05, 0.1) is 5.04 Å². The molecule has 0 aromatic heterocycles. The maximum atomic E-state index is 7.74. The highest BCUT2D eigenvalue weighted by Crippen LogP contribution is 2.28. The van der Waals surface area contributed by atoms with E-state index in [1.54, 1.807) is 6.08 Å². The van der Waals surface area contributed by atoms with E-state index in [4.69, 9.17) is 28.6 Å². The molecule has 1 aromatic carbocycles. The minimum absolute atomic E-state index is 0.481. The average molecular weight is 289 g/mol. The second-order valence-electron chi connectivity index (χ2n) is 3.63. The van der Waals surface area contributed by atoms with E-state index in [1.165, 1.54) is 11.8 Å². The van der Waals surface area contributed by atoms with E-state index in [9.17, 15) is 0 Å². The highest BCUT2D eigenvalue weighted by Gasteiger charge is 2.06. The van der Waals surface area contributed by atoms with Crippen LogP contribution in [0.2, 0.25) is 10.0 Å². The molecule has 0 aliphatic heterocycles. The van der Waals surface area contributed by atoms with Gasteiger partial charge < -0.3 is 4.90 Å². The van der Waals surface area contributed by atoms with Gasteiger partial charge in [-0.15, -0.1) is 11.8 Å². The van der Waals surface area contributed by atoms with Gasteiger partial charge in [-0.25, -0.2) is 0 Å². The Morgan fingerprint density at radius 3 is 2.47 bits per heavy atom. The quantitative estimate of drug-likeness (QED) is 0.661. The molecule has 0 heterocycles.